The molecule has 0 amide bonds. The van der Waals surface area contributed by atoms with Gasteiger partial charge in [0.1, 0.15) is 10.7 Å². The molecule has 0 unspecified atom stereocenters. The van der Waals surface area contributed by atoms with Crippen molar-refractivity contribution >= 4 is 17.2 Å². The molecule has 0 saturated carbocycles. The summed E-state index contributed by atoms with van der Waals surface area (Å²) in [6.45, 7) is 8.04. The Bertz CT molecular complexity index is 362. The summed E-state index contributed by atoms with van der Waals surface area (Å²) < 4.78 is 5.73. The van der Waals surface area contributed by atoms with E-state index < -0.39 is 0 Å². The van der Waals surface area contributed by atoms with Crippen molar-refractivity contribution in [2.24, 2.45) is 5.73 Å². The Morgan fingerprint density at radius 1 is 1.27 bits per heavy atom. The Morgan fingerprint density at radius 2 is 1.73 bits per heavy atom. The van der Waals surface area contributed by atoms with E-state index in [9.17, 15) is 0 Å². The van der Waals surface area contributed by atoms with E-state index in [2.05, 4.69) is 0 Å². The Hall–Kier alpha value is -1.09. The van der Waals surface area contributed by atoms with E-state index in [0.717, 1.165) is 22.4 Å². The number of nitrogens with two attached hydrogens (primary N) is 1. The first-order valence-electron chi connectivity index (χ1n) is 4.99. The van der Waals surface area contributed by atoms with Crippen LogP contribution in [0.15, 0.2) is 12.1 Å². The SMILES string of the molecule is Cc1cc(C(N)=S)cc(C)c1OC(C)C. The highest BCUT2D eigenvalue weighted by Gasteiger charge is 2.08. The van der Waals surface area contributed by atoms with Crippen LogP contribution in [-0.4, -0.2) is 11.1 Å². The summed E-state index contributed by atoms with van der Waals surface area (Å²) >= 11 is 4.95. The van der Waals surface area contributed by atoms with Gasteiger partial charge in [0.05, 0.1) is 6.10 Å². The summed E-state index contributed by atoms with van der Waals surface area (Å²) in [4.78, 5) is 0.428. The predicted molar refractivity (Wildman–Crippen MR) is 67.6 cm³/mol. The van der Waals surface area contributed by atoms with E-state index >= 15 is 0 Å². The quantitative estimate of drug-likeness (QED) is 0.800. The van der Waals surface area contributed by atoms with Gasteiger partial charge < -0.3 is 10.5 Å². The second-order valence-electron chi connectivity index (χ2n) is 3.97. The molecule has 2 nitrogen and oxygen atoms in total. The average molecular weight is 223 g/mol. The molecule has 1 aromatic carbocycles. The molecule has 3 heteroatoms. The molecule has 1 aromatic rings. The number of ether oxygens (including phenoxy) is 1. The third-order valence-electron chi connectivity index (χ3n) is 2.10. The first kappa shape index (κ1) is 12.0. The van der Waals surface area contributed by atoms with Gasteiger partial charge in [-0.3, -0.25) is 0 Å². The number of hydrogen-bond donors (Lipinski definition) is 1. The van der Waals surface area contributed by atoms with Crippen LogP contribution in [0.2, 0.25) is 0 Å². The first-order valence-corrected chi connectivity index (χ1v) is 5.40. The maximum Gasteiger partial charge on any atom is 0.125 e. The number of thiocarbonyl (C=S) groups is 1. The van der Waals surface area contributed by atoms with Crippen LogP contribution in [0.3, 0.4) is 0 Å². The van der Waals surface area contributed by atoms with Gasteiger partial charge in [0.2, 0.25) is 0 Å². The van der Waals surface area contributed by atoms with E-state index in [-0.39, 0.29) is 6.10 Å². The van der Waals surface area contributed by atoms with Crippen molar-refractivity contribution in [1.82, 2.24) is 0 Å². The van der Waals surface area contributed by atoms with E-state index in [4.69, 9.17) is 22.7 Å². The summed E-state index contributed by atoms with van der Waals surface area (Å²) in [7, 11) is 0. The second-order valence-corrected chi connectivity index (χ2v) is 4.41. The molecule has 0 fully saturated rings. The average Bonchev–Trinajstić information content (AvgIpc) is 2.10. The monoisotopic (exact) mass is 223 g/mol. The van der Waals surface area contributed by atoms with Crippen LogP contribution in [-0.2, 0) is 0 Å². The molecule has 2 N–H and O–H groups in total. The Balaban J connectivity index is 3.15. The maximum absolute atomic E-state index is 5.73. The normalized spacial score (nSPS) is 10.5. The molecule has 0 aliphatic rings. The first-order chi connectivity index (χ1) is 6.91. The highest BCUT2D eigenvalue weighted by Crippen LogP contribution is 2.25. The van der Waals surface area contributed by atoms with Gasteiger partial charge in [-0.15, -0.1) is 0 Å². The van der Waals surface area contributed by atoms with Crippen molar-refractivity contribution in [3.8, 4) is 5.75 Å². The van der Waals surface area contributed by atoms with Gasteiger partial charge in [-0.05, 0) is 51.0 Å². The topological polar surface area (TPSA) is 35.2 Å². The van der Waals surface area contributed by atoms with Crippen LogP contribution in [0.25, 0.3) is 0 Å². The van der Waals surface area contributed by atoms with Gasteiger partial charge >= 0.3 is 0 Å². The smallest absolute Gasteiger partial charge is 0.125 e. The number of benzene rings is 1. The highest BCUT2D eigenvalue weighted by atomic mass is 32.1. The fourth-order valence-electron chi connectivity index (χ4n) is 1.51. The lowest BCUT2D eigenvalue weighted by atomic mass is 10.1. The molecule has 0 heterocycles. The van der Waals surface area contributed by atoms with Crippen LogP contribution < -0.4 is 10.5 Å². The fraction of sp³-hybridized carbons (Fsp3) is 0.417. The lowest BCUT2D eigenvalue weighted by molar-refractivity contribution is 0.239. The van der Waals surface area contributed by atoms with E-state index in [1.54, 1.807) is 0 Å². The van der Waals surface area contributed by atoms with E-state index in [1.807, 2.05) is 39.8 Å². The molecule has 0 radical (unpaired) electrons. The van der Waals surface area contributed by atoms with Crippen molar-refractivity contribution in [1.29, 1.82) is 0 Å². The van der Waals surface area contributed by atoms with Gasteiger partial charge in [0, 0.05) is 5.56 Å². The molecule has 82 valence electrons. The van der Waals surface area contributed by atoms with Gasteiger partial charge in [-0.25, -0.2) is 0 Å². The zero-order chi connectivity index (χ0) is 11.6. The summed E-state index contributed by atoms with van der Waals surface area (Å²) in [5.41, 5.74) is 8.64. The van der Waals surface area contributed by atoms with Crippen LogP contribution >= 0.6 is 12.2 Å². The molecular weight excluding hydrogens is 206 g/mol. The molecule has 1 rings (SSSR count). The number of hydrogen-bond acceptors (Lipinski definition) is 2. The molecule has 15 heavy (non-hydrogen) atoms. The largest absolute Gasteiger partial charge is 0.490 e. The van der Waals surface area contributed by atoms with E-state index in [1.165, 1.54) is 0 Å². The van der Waals surface area contributed by atoms with Crippen molar-refractivity contribution in [2.45, 2.75) is 33.8 Å². The molecule has 0 spiro atoms. The zero-order valence-corrected chi connectivity index (χ0v) is 10.4. The minimum absolute atomic E-state index is 0.179. The third kappa shape index (κ3) is 2.93. The Labute approximate surface area is 96.4 Å². The van der Waals surface area contributed by atoms with Crippen LogP contribution in [0, 0.1) is 13.8 Å². The second kappa shape index (κ2) is 4.62. The van der Waals surface area contributed by atoms with Crippen molar-refractivity contribution < 1.29 is 4.74 Å². The summed E-state index contributed by atoms with van der Waals surface area (Å²) in [5, 5.41) is 0. The van der Waals surface area contributed by atoms with Crippen molar-refractivity contribution in [3.63, 3.8) is 0 Å². The van der Waals surface area contributed by atoms with Crippen molar-refractivity contribution in [2.75, 3.05) is 0 Å². The van der Waals surface area contributed by atoms with Gasteiger partial charge in [0.15, 0.2) is 0 Å². The number of aryl methyl sites for hydroxylation is 2. The minimum Gasteiger partial charge on any atom is -0.490 e. The molecule has 0 aromatic heterocycles. The molecule has 0 aliphatic carbocycles. The van der Waals surface area contributed by atoms with Gasteiger partial charge in [-0.2, -0.15) is 0 Å². The molecule has 0 aliphatic heterocycles. The minimum atomic E-state index is 0.179. The summed E-state index contributed by atoms with van der Waals surface area (Å²) in [6, 6.07) is 3.93. The number of rotatable bonds is 3. The summed E-state index contributed by atoms with van der Waals surface area (Å²) in [6.07, 6.45) is 0.179. The molecule has 0 saturated heterocycles. The van der Waals surface area contributed by atoms with E-state index in [0.29, 0.717) is 4.99 Å². The van der Waals surface area contributed by atoms with Crippen LogP contribution in [0.5, 0.6) is 5.75 Å². The predicted octanol–water partition coefficient (Wildman–Crippen LogP) is 2.72. The zero-order valence-electron chi connectivity index (χ0n) is 9.63. The van der Waals surface area contributed by atoms with Gasteiger partial charge in [-0.1, -0.05) is 12.2 Å². The van der Waals surface area contributed by atoms with Crippen LogP contribution in [0.4, 0.5) is 0 Å². The van der Waals surface area contributed by atoms with Gasteiger partial charge in [0.25, 0.3) is 0 Å². The third-order valence-corrected chi connectivity index (χ3v) is 2.33. The van der Waals surface area contributed by atoms with Crippen LogP contribution in [0.1, 0.15) is 30.5 Å². The molecular formula is C12H17NOS. The molecule has 0 bridgehead atoms. The standard InChI is InChI=1S/C12H17NOS/c1-7(2)14-11-8(3)5-10(12(13)15)6-9(11)4/h5-7H,1-4H3,(H2,13,15). The highest BCUT2D eigenvalue weighted by molar-refractivity contribution is 7.80. The van der Waals surface area contributed by atoms with Crippen molar-refractivity contribution in [3.05, 3.63) is 28.8 Å². The maximum atomic E-state index is 5.73. The Kier molecular flexibility index (Phi) is 3.69. The Morgan fingerprint density at radius 3 is 2.07 bits per heavy atom. The summed E-state index contributed by atoms with van der Waals surface area (Å²) in [5.74, 6) is 0.935. The fourth-order valence-corrected chi connectivity index (χ4v) is 1.63. The lowest BCUT2D eigenvalue weighted by Crippen LogP contribution is -2.12. The lowest BCUT2D eigenvalue weighted by Gasteiger charge is -2.16. The molecule has 0 atom stereocenters.